The maximum atomic E-state index is 12.6. The van der Waals surface area contributed by atoms with E-state index in [1.54, 1.807) is 36.4 Å². The lowest BCUT2D eigenvalue weighted by Gasteiger charge is -2.10. The van der Waals surface area contributed by atoms with E-state index in [0.717, 1.165) is 12.2 Å². The maximum absolute atomic E-state index is 12.6. The zero-order valence-corrected chi connectivity index (χ0v) is 18.0. The summed E-state index contributed by atoms with van der Waals surface area (Å²) < 4.78 is 0. The molecule has 2 aromatic carbocycles. The Kier molecular flexibility index (Phi) is 8.67. The Hall–Kier alpha value is -3.07. The summed E-state index contributed by atoms with van der Waals surface area (Å²) >= 11 is 1.42. The molecule has 0 atom stereocenters. The largest absolute Gasteiger partial charge is 0.338 e. The van der Waals surface area contributed by atoms with Crippen LogP contribution >= 0.6 is 11.8 Å². The molecule has 8 nitrogen and oxygen atoms in total. The van der Waals surface area contributed by atoms with E-state index in [1.807, 2.05) is 6.92 Å². The summed E-state index contributed by atoms with van der Waals surface area (Å²) in [5, 5.41) is 19.5. The summed E-state index contributed by atoms with van der Waals surface area (Å²) in [6.07, 6.45) is 0.949. The summed E-state index contributed by atoms with van der Waals surface area (Å²) in [5.74, 6) is 0.821. The molecule has 30 heavy (non-hydrogen) atoms. The van der Waals surface area contributed by atoms with Crippen LogP contribution in [0.25, 0.3) is 0 Å². The topological polar surface area (TPSA) is 113 Å². The van der Waals surface area contributed by atoms with Gasteiger partial charge < -0.3 is 16.0 Å². The van der Waals surface area contributed by atoms with E-state index in [2.05, 4.69) is 29.8 Å². The van der Waals surface area contributed by atoms with Gasteiger partial charge in [0.05, 0.1) is 9.82 Å². The van der Waals surface area contributed by atoms with Crippen LogP contribution in [-0.2, 0) is 0 Å². The van der Waals surface area contributed by atoms with Crippen LogP contribution in [0.2, 0.25) is 0 Å². The maximum Gasteiger partial charge on any atom is 0.319 e. The molecule has 0 radical (unpaired) electrons. The van der Waals surface area contributed by atoms with Gasteiger partial charge in [-0.05, 0) is 55.3 Å². The number of hydrogen-bond acceptors (Lipinski definition) is 5. The second-order valence-electron chi connectivity index (χ2n) is 6.99. The fourth-order valence-corrected chi connectivity index (χ4v) is 3.80. The molecule has 9 heteroatoms. The van der Waals surface area contributed by atoms with Crippen molar-refractivity contribution in [1.82, 2.24) is 5.32 Å². The average molecular weight is 431 g/mol. The highest BCUT2D eigenvalue weighted by Crippen LogP contribution is 2.31. The molecule has 0 spiro atoms. The molecule has 2 aromatic rings. The molecule has 3 amide bonds. The first-order valence-electron chi connectivity index (χ1n) is 9.67. The third-order valence-electron chi connectivity index (χ3n) is 4.09. The molecule has 0 saturated heterocycles. The lowest BCUT2D eigenvalue weighted by molar-refractivity contribution is -0.387. The summed E-state index contributed by atoms with van der Waals surface area (Å²) in [7, 11) is 0. The summed E-state index contributed by atoms with van der Waals surface area (Å²) in [6, 6.07) is 10.8. The van der Waals surface area contributed by atoms with Crippen LogP contribution in [0, 0.1) is 16.0 Å². The van der Waals surface area contributed by atoms with E-state index in [4.69, 9.17) is 0 Å². The minimum Gasteiger partial charge on any atom is -0.338 e. The first-order chi connectivity index (χ1) is 14.3. The standard InChI is InChI=1S/C21H26N4O4S/c1-4-22-21(27)24-17-7-5-6-16(13-17)23-20(26)15-8-9-19(18(12-15)25(28)29)30-11-10-14(2)3/h5-9,12-14H,4,10-11H2,1-3H3,(H,23,26)(H2,22,24,27). The van der Waals surface area contributed by atoms with Gasteiger partial charge in [0, 0.05) is 29.5 Å². The van der Waals surface area contributed by atoms with Crippen LogP contribution in [0.4, 0.5) is 21.9 Å². The molecule has 0 aliphatic carbocycles. The SMILES string of the molecule is CCNC(=O)Nc1cccc(NC(=O)c2ccc(SCCC(C)C)c([N+](=O)[O-])c2)c1. The summed E-state index contributed by atoms with van der Waals surface area (Å²) in [4.78, 5) is 35.8. The monoisotopic (exact) mass is 430 g/mol. The van der Waals surface area contributed by atoms with Crippen molar-refractivity contribution < 1.29 is 14.5 Å². The molecule has 0 aliphatic rings. The van der Waals surface area contributed by atoms with Gasteiger partial charge in [0.2, 0.25) is 0 Å². The molecule has 2 rings (SSSR count). The smallest absolute Gasteiger partial charge is 0.319 e. The average Bonchev–Trinajstić information content (AvgIpc) is 2.68. The highest BCUT2D eigenvalue weighted by Gasteiger charge is 2.18. The van der Waals surface area contributed by atoms with E-state index in [-0.39, 0.29) is 17.3 Å². The Morgan fingerprint density at radius 1 is 1.10 bits per heavy atom. The van der Waals surface area contributed by atoms with Crippen LogP contribution in [-0.4, -0.2) is 29.2 Å². The van der Waals surface area contributed by atoms with Gasteiger partial charge in [0.25, 0.3) is 11.6 Å². The van der Waals surface area contributed by atoms with Gasteiger partial charge in [-0.2, -0.15) is 0 Å². The summed E-state index contributed by atoms with van der Waals surface area (Å²) in [5.41, 5.74) is 1.09. The zero-order chi connectivity index (χ0) is 22.1. The molecule has 0 saturated carbocycles. The lowest BCUT2D eigenvalue weighted by Crippen LogP contribution is -2.28. The zero-order valence-electron chi connectivity index (χ0n) is 17.2. The van der Waals surface area contributed by atoms with Gasteiger partial charge in [-0.3, -0.25) is 14.9 Å². The Morgan fingerprint density at radius 2 is 1.80 bits per heavy atom. The number of benzene rings is 2. The number of amides is 3. The van der Waals surface area contributed by atoms with Crippen LogP contribution in [0.5, 0.6) is 0 Å². The van der Waals surface area contributed by atoms with Gasteiger partial charge >= 0.3 is 6.03 Å². The number of anilines is 2. The number of nitrogens with zero attached hydrogens (tertiary/aromatic N) is 1. The number of nitrogens with one attached hydrogen (secondary N) is 3. The highest BCUT2D eigenvalue weighted by molar-refractivity contribution is 7.99. The van der Waals surface area contributed by atoms with Gasteiger partial charge in [0.15, 0.2) is 0 Å². The Bertz CT molecular complexity index is 918. The molecule has 0 fully saturated rings. The van der Waals surface area contributed by atoms with Gasteiger partial charge in [-0.1, -0.05) is 19.9 Å². The Morgan fingerprint density at radius 3 is 2.43 bits per heavy atom. The van der Waals surface area contributed by atoms with Crippen molar-refractivity contribution in [2.45, 2.75) is 32.1 Å². The number of thioether (sulfide) groups is 1. The number of hydrogen-bond donors (Lipinski definition) is 3. The molecule has 0 bridgehead atoms. The highest BCUT2D eigenvalue weighted by atomic mass is 32.2. The van der Waals surface area contributed by atoms with E-state index in [0.29, 0.717) is 28.7 Å². The predicted octanol–water partition coefficient (Wildman–Crippen LogP) is 5.13. The minimum absolute atomic E-state index is 0.0805. The van der Waals surface area contributed by atoms with Crippen LogP contribution in [0.15, 0.2) is 47.4 Å². The van der Waals surface area contributed by atoms with E-state index < -0.39 is 10.8 Å². The molecular weight excluding hydrogens is 404 g/mol. The molecule has 0 aromatic heterocycles. The van der Waals surface area contributed by atoms with Crippen molar-refractivity contribution in [1.29, 1.82) is 0 Å². The Balaban J connectivity index is 2.12. The quantitative estimate of drug-likeness (QED) is 0.290. The molecule has 0 unspecified atom stereocenters. The van der Waals surface area contributed by atoms with Gasteiger partial charge in [0.1, 0.15) is 0 Å². The minimum atomic E-state index is -0.467. The number of nitro groups is 1. The normalized spacial score (nSPS) is 10.5. The molecular formula is C21H26N4O4S. The van der Waals surface area contributed by atoms with Crippen LogP contribution in [0.3, 0.4) is 0 Å². The van der Waals surface area contributed by atoms with Crippen molar-refractivity contribution in [2.24, 2.45) is 5.92 Å². The van der Waals surface area contributed by atoms with Crippen molar-refractivity contribution in [2.75, 3.05) is 22.9 Å². The van der Waals surface area contributed by atoms with Crippen LogP contribution < -0.4 is 16.0 Å². The molecule has 160 valence electrons. The first kappa shape index (κ1) is 23.2. The van der Waals surface area contributed by atoms with E-state index in [9.17, 15) is 19.7 Å². The second kappa shape index (κ2) is 11.2. The van der Waals surface area contributed by atoms with Crippen LogP contribution in [0.1, 0.15) is 37.6 Å². The fourth-order valence-electron chi connectivity index (χ4n) is 2.54. The number of urea groups is 1. The number of carbonyl (C=O) groups is 2. The van der Waals surface area contributed by atoms with E-state index in [1.165, 1.54) is 17.8 Å². The predicted molar refractivity (Wildman–Crippen MR) is 120 cm³/mol. The third-order valence-corrected chi connectivity index (χ3v) is 5.18. The lowest BCUT2D eigenvalue weighted by atomic mass is 10.1. The third kappa shape index (κ3) is 7.07. The second-order valence-corrected chi connectivity index (χ2v) is 8.13. The van der Waals surface area contributed by atoms with Crippen molar-refractivity contribution in [3.8, 4) is 0 Å². The summed E-state index contributed by atoms with van der Waals surface area (Å²) in [6.45, 7) is 6.50. The fraction of sp³-hybridized carbons (Fsp3) is 0.333. The van der Waals surface area contributed by atoms with Gasteiger partial charge in [-0.25, -0.2) is 4.79 Å². The molecule has 0 heterocycles. The van der Waals surface area contributed by atoms with E-state index >= 15 is 0 Å². The Labute approximate surface area is 180 Å². The molecule has 0 aliphatic heterocycles. The van der Waals surface area contributed by atoms with Gasteiger partial charge in [-0.15, -0.1) is 11.8 Å². The van der Waals surface area contributed by atoms with Crippen molar-refractivity contribution >= 4 is 40.8 Å². The van der Waals surface area contributed by atoms with Crippen molar-refractivity contribution in [3.63, 3.8) is 0 Å². The van der Waals surface area contributed by atoms with Crippen molar-refractivity contribution in [3.05, 3.63) is 58.1 Å². The molecule has 3 N–H and O–H groups in total. The number of nitro benzene ring substituents is 1. The number of rotatable bonds is 9. The number of carbonyl (C=O) groups excluding carboxylic acids is 2. The first-order valence-corrected chi connectivity index (χ1v) is 10.7.